The fraction of sp³-hybridized carbons (Fsp3) is 0.308. The average Bonchev–Trinajstić information content (AvgIpc) is 2.16. The highest BCUT2D eigenvalue weighted by Crippen LogP contribution is 2.34. The molecule has 0 spiro atoms. The Bertz CT molecular complexity index is 444. The van der Waals surface area contributed by atoms with Gasteiger partial charge < -0.3 is 0 Å². The monoisotopic (exact) mass is 253 g/mol. The van der Waals surface area contributed by atoms with Gasteiger partial charge in [-0.15, -0.1) is 0 Å². The Hall–Kier alpha value is -0.970. The zero-order chi connectivity index (χ0) is 12.3. The topological polar surface area (TPSA) is 23.8 Å². The molecule has 16 heavy (non-hydrogen) atoms. The summed E-state index contributed by atoms with van der Waals surface area (Å²) < 4.78 is 0. The van der Waals surface area contributed by atoms with Crippen molar-refractivity contribution in [3.63, 3.8) is 0 Å². The first-order valence-corrected chi connectivity index (χ1v) is 5.78. The third-order valence-electron chi connectivity index (χ3n) is 2.39. The van der Waals surface area contributed by atoms with Crippen molar-refractivity contribution in [2.24, 2.45) is 0 Å². The SMILES string of the molecule is C/C(=C\C#N)c1cc(Cl)c(C(C)C)c(Cl)c1. The van der Waals surface area contributed by atoms with Crippen molar-refractivity contribution in [2.45, 2.75) is 26.7 Å². The summed E-state index contributed by atoms with van der Waals surface area (Å²) in [5.74, 6) is 0.286. The molecular formula is C13H13Cl2N. The Labute approximate surface area is 106 Å². The molecule has 0 aromatic heterocycles. The molecule has 1 nitrogen and oxygen atoms in total. The van der Waals surface area contributed by atoms with Crippen LogP contribution in [0.5, 0.6) is 0 Å². The van der Waals surface area contributed by atoms with Crippen molar-refractivity contribution in [1.82, 2.24) is 0 Å². The molecule has 0 fully saturated rings. The van der Waals surface area contributed by atoms with Gasteiger partial charge in [0.15, 0.2) is 0 Å². The molecule has 0 amide bonds. The molecule has 0 aliphatic carbocycles. The van der Waals surface area contributed by atoms with Gasteiger partial charge in [-0.3, -0.25) is 0 Å². The largest absolute Gasteiger partial charge is 0.193 e. The van der Waals surface area contributed by atoms with Crippen LogP contribution in [0.2, 0.25) is 10.0 Å². The quantitative estimate of drug-likeness (QED) is 0.678. The molecule has 0 radical (unpaired) electrons. The molecule has 0 saturated carbocycles. The third kappa shape index (κ3) is 2.78. The van der Waals surface area contributed by atoms with Gasteiger partial charge in [-0.2, -0.15) is 5.26 Å². The van der Waals surface area contributed by atoms with Gasteiger partial charge in [-0.1, -0.05) is 37.0 Å². The molecule has 0 N–H and O–H groups in total. The number of nitriles is 1. The Balaban J connectivity index is 3.31. The van der Waals surface area contributed by atoms with E-state index in [1.807, 2.05) is 39.0 Å². The molecule has 0 bridgehead atoms. The summed E-state index contributed by atoms with van der Waals surface area (Å²) >= 11 is 12.4. The van der Waals surface area contributed by atoms with Crippen LogP contribution in [0.15, 0.2) is 18.2 Å². The molecule has 1 rings (SSSR count). The van der Waals surface area contributed by atoms with Gasteiger partial charge in [-0.25, -0.2) is 0 Å². The number of nitrogens with zero attached hydrogens (tertiary/aromatic N) is 1. The zero-order valence-electron chi connectivity index (χ0n) is 9.51. The molecule has 1 aromatic rings. The van der Waals surface area contributed by atoms with Crippen LogP contribution in [-0.4, -0.2) is 0 Å². The number of benzene rings is 1. The maximum absolute atomic E-state index is 8.59. The molecule has 0 heterocycles. The van der Waals surface area contributed by atoms with Crippen LogP contribution in [0.4, 0.5) is 0 Å². The molecule has 0 aliphatic rings. The summed E-state index contributed by atoms with van der Waals surface area (Å²) in [7, 11) is 0. The van der Waals surface area contributed by atoms with Gasteiger partial charge in [0.05, 0.1) is 6.07 Å². The lowest BCUT2D eigenvalue weighted by atomic mass is 9.99. The standard InChI is InChI=1S/C13H13Cl2N/c1-8(2)13-11(14)6-10(7-12(13)15)9(3)4-5-16/h4,6-8H,1-3H3/b9-4+. The van der Waals surface area contributed by atoms with Gasteiger partial charge in [0.2, 0.25) is 0 Å². The van der Waals surface area contributed by atoms with Crippen molar-refractivity contribution in [2.75, 3.05) is 0 Å². The van der Waals surface area contributed by atoms with Crippen LogP contribution in [0.1, 0.15) is 37.8 Å². The number of allylic oxidation sites excluding steroid dienone is 2. The first-order valence-electron chi connectivity index (χ1n) is 5.03. The molecule has 0 aliphatic heterocycles. The van der Waals surface area contributed by atoms with Crippen LogP contribution in [0, 0.1) is 11.3 Å². The van der Waals surface area contributed by atoms with E-state index >= 15 is 0 Å². The maximum Gasteiger partial charge on any atom is 0.0915 e. The van der Waals surface area contributed by atoms with Crippen LogP contribution < -0.4 is 0 Å². The Kier molecular flexibility index (Phi) is 4.41. The Morgan fingerprint density at radius 2 is 1.81 bits per heavy atom. The summed E-state index contributed by atoms with van der Waals surface area (Å²) in [6.07, 6.45) is 1.48. The molecule has 84 valence electrons. The number of hydrogen-bond acceptors (Lipinski definition) is 1. The summed E-state index contributed by atoms with van der Waals surface area (Å²) in [5.41, 5.74) is 2.71. The van der Waals surface area contributed by atoms with Crippen LogP contribution in [0.3, 0.4) is 0 Å². The predicted molar refractivity (Wildman–Crippen MR) is 69.8 cm³/mol. The van der Waals surface area contributed by atoms with E-state index in [9.17, 15) is 0 Å². The number of rotatable bonds is 2. The molecule has 0 saturated heterocycles. The van der Waals surface area contributed by atoms with E-state index in [1.165, 1.54) is 6.08 Å². The second-order valence-electron chi connectivity index (χ2n) is 3.96. The summed E-state index contributed by atoms with van der Waals surface area (Å²) in [6, 6.07) is 5.70. The van der Waals surface area contributed by atoms with Crippen molar-refractivity contribution >= 4 is 28.8 Å². The van der Waals surface area contributed by atoms with Gasteiger partial charge in [0.1, 0.15) is 0 Å². The van der Waals surface area contributed by atoms with E-state index in [-0.39, 0.29) is 5.92 Å². The fourth-order valence-corrected chi connectivity index (χ4v) is 2.47. The minimum atomic E-state index is 0.286. The number of halogens is 2. The van der Waals surface area contributed by atoms with E-state index < -0.39 is 0 Å². The smallest absolute Gasteiger partial charge is 0.0915 e. The second kappa shape index (κ2) is 5.39. The summed E-state index contributed by atoms with van der Waals surface area (Å²) in [5, 5.41) is 9.90. The third-order valence-corrected chi connectivity index (χ3v) is 3.02. The summed E-state index contributed by atoms with van der Waals surface area (Å²) in [6.45, 7) is 5.95. The Morgan fingerprint density at radius 3 is 2.19 bits per heavy atom. The second-order valence-corrected chi connectivity index (χ2v) is 4.78. The average molecular weight is 254 g/mol. The molecule has 0 unspecified atom stereocenters. The highest BCUT2D eigenvalue weighted by molar-refractivity contribution is 6.36. The highest BCUT2D eigenvalue weighted by Gasteiger charge is 2.12. The fourth-order valence-electron chi connectivity index (χ4n) is 1.54. The maximum atomic E-state index is 8.59. The van der Waals surface area contributed by atoms with Crippen molar-refractivity contribution < 1.29 is 0 Å². The van der Waals surface area contributed by atoms with E-state index in [4.69, 9.17) is 28.5 Å². The van der Waals surface area contributed by atoms with Gasteiger partial charge in [0.25, 0.3) is 0 Å². The van der Waals surface area contributed by atoms with Gasteiger partial charge in [0, 0.05) is 16.1 Å². The van der Waals surface area contributed by atoms with Crippen LogP contribution in [-0.2, 0) is 0 Å². The van der Waals surface area contributed by atoms with Crippen molar-refractivity contribution in [3.8, 4) is 6.07 Å². The lowest BCUT2D eigenvalue weighted by Gasteiger charge is -2.12. The van der Waals surface area contributed by atoms with Gasteiger partial charge in [-0.05, 0) is 41.7 Å². The van der Waals surface area contributed by atoms with E-state index in [2.05, 4.69) is 0 Å². The van der Waals surface area contributed by atoms with Crippen LogP contribution >= 0.6 is 23.2 Å². The minimum absolute atomic E-state index is 0.286. The molecule has 0 atom stereocenters. The lowest BCUT2D eigenvalue weighted by molar-refractivity contribution is 0.867. The van der Waals surface area contributed by atoms with Crippen molar-refractivity contribution in [1.29, 1.82) is 5.26 Å². The predicted octanol–water partition coefficient (Wildman–Crippen LogP) is 5.04. The summed E-state index contributed by atoms with van der Waals surface area (Å²) in [4.78, 5) is 0. The van der Waals surface area contributed by atoms with E-state index in [0.717, 1.165) is 16.7 Å². The minimum Gasteiger partial charge on any atom is -0.193 e. The number of hydrogen-bond donors (Lipinski definition) is 0. The molecule has 1 aromatic carbocycles. The van der Waals surface area contributed by atoms with E-state index in [0.29, 0.717) is 10.0 Å². The van der Waals surface area contributed by atoms with Crippen LogP contribution in [0.25, 0.3) is 5.57 Å². The first-order chi connectivity index (χ1) is 7.47. The Morgan fingerprint density at radius 1 is 1.31 bits per heavy atom. The highest BCUT2D eigenvalue weighted by atomic mass is 35.5. The first kappa shape index (κ1) is 13.1. The van der Waals surface area contributed by atoms with Crippen molar-refractivity contribution in [3.05, 3.63) is 39.4 Å². The zero-order valence-corrected chi connectivity index (χ0v) is 11.0. The van der Waals surface area contributed by atoms with E-state index in [1.54, 1.807) is 0 Å². The van der Waals surface area contributed by atoms with Gasteiger partial charge >= 0.3 is 0 Å². The molecular weight excluding hydrogens is 241 g/mol. The molecule has 3 heteroatoms. The normalized spacial score (nSPS) is 11.7. The lowest BCUT2D eigenvalue weighted by Crippen LogP contribution is -1.92.